The summed E-state index contributed by atoms with van der Waals surface area (Å²) in [6.07, 6.45) is 6.02. The van der Waals surface area contributed by atoms with Gasteiger partial charge in [-0.15, -0.1) is 0 Å². The molecule has 1 saturated carbocycles. The monoisotopic (exact) mass is 298 g/mol. The van der Waals surface area contributed by atoms with E-state index in [1.54, 1.807) is 0 Å². The summed E-state index contributed by atoms with van der Waals surface area (Å²) in [7, 11) is 0. The zero-order chi connectivity index (χ0) is 15.9. The first kappa shape index (κ1) is 18.4. The van der Waals surface area contributed by atoms with Crippen LogP contribution in [0.5, 0.6) is 0 Å². The Morgan fingerprint density at radius 1 is 1.38 bits per heavy atom. The summed E-state index contributed by atoms with van der Waals surface area (Å²) < 4.78 is 5.77. The van der Waals surface area contributed by atoms with E-state index in [0.29, 0.717) is 11.3 Å². The second-order valence-corrected chi connectivity index (χ2v) is 7.56. The molecule has 0 bridgehead atoms. The standard InChI is InChI=1S/C17H34N2O2/c1-5-11-19-17(15(18)20)9-6-7-14(17)8-12-21-13-10-16(2,3)4/h14,19H,5-13H2,1-4H3,(H2,18,20). The van der Waals surface area contributed by atoms with Crippen molar-refractivity contribution in [1.82, 2.24) is 5.32 Å². The molecule has 0 saturated heterocycles. The smallest absolute Gasteiger partial charge is 0.238 e. The third-order valence-corrected chi connectivity index (χ3v) is 4.56. The predicted octanol–water partition coefficient (Wildman–Crippen LogP) is 2.85. The first-order valence-corrected chi connectivity index (χ1v) is 8.44. The first-order valence-electron chi connectivity index (χ1n) is 8.44. The molecule has 0 heterocycles. The van der Waals surface area contributed by atoms with E-state index in [0.717, 1.165) is 58.3 Å². The van der Waals surface area contributed by atoms with Crippen LogP contribution in [-0.2, 0) is 9.53 Å². The molecule has 0 spiro atoms. The zero-order valence-corrected chi connectivity index (χ0v) is 14.3. The van der Waals surface area contributed by atoms with Crippen molar-refractivity contribution >= 4 is 5.91 Å². The Morgan fingerprint density at radius 3 is 2.67 bits per heavy atom. The fourth-order valence-corrected chi connectivity index (χ4v) is 3.17. The molecule has 0 aromatic rings. The van der Waals surface area contributed by atoms with Crippen LogP contribution in [0.4, 0.5) is 0 Å². The average molecular weight is 298 g/mol. The molecule has 124 valence electrons. The molecule has 1 fully saturated rings. The van der Waals surface area contributed by atoms with Gasteiger partial charge in [0.15, 0.2) is 0 Å². The van der Waals surface area contributed by atoms with E-state index < -0.39 is 5.54 Å². The lowest BCUT2D eigenvalue weighted by molar-refractivity contribution is -0.126. The predicted molar refractivity (Wildman–Crippen MR) is 87.1 cm³/mol. The van der Waals surface area contributed by atoms with Crippen molar-refractivity contribution in [3.8, 4) is 0 Å². The molecule has 4 nitrogen and oxygen atoms in total. The number of carbonyl (C=O) groups excluding carboxylic acids is 1. The van der Waals surface area contributed by atoms with Gasteiger partial charge in [-0.3, -0.25) is 4.79 Å². The van der Waals surface area contributed by atoms with Crippen molar-refractivity contribution in [2.45, 2.75) is 71.8 Å². The maximum absolute atomic E-state index is 12.0. The van der Waals surface area contributed by atoms with Crippen molar-refractivity contribution in [3.05, 3.63) is 0 Å². The van der Waals surface area contributed by atoms with Gasteiger partial charge in [0.05, 0.1) is 0 Å². The largest absolute Gasteiger partial charge is 0.381 e. The lowest BCUT2D eigenvalue weighted by Crippen LogP contribution is -2.58. The Hall–Kier alpha value is -0.610. The Bertz CT molecular complexity index is 325. The maximum atomic E-state index is 12.0. The van der Waals surface area contributed by atoms with Gasteiger partial charge < -0.3 is 15.8 Å². The van der Waals surface area contributed by atoms with Gasteiger partial charge in [-0.25, -0.2) is 0 Å². The van der Waals surface area contributed by atoms with Crippen LogP contribution in [-0.4, -0.2) is 31.2 Å². The highest BCUT2D eigenvalue weighted by Crippen LogP contribution is 2.38. The van der Waals surface area contributed by atoms with Gasteiger partial charge in [-0.2, -0.15) is 0 Å². The Labute approximate surface area is 130 Å². The Morgan fingerprint density at radius 2 is 2.10 bits per heavy atom. The molecule has 4 heteroatoms. The quantitative estimate of drug-likeness (QED) is 0.643. The molecule has 1 rings (SSSR count). The zero-order valence-electron chi connectivity index (χ0n) is 14.3. The summed E-state index contributed by atoms with van der Waals surface area (Å²) in [5.74, 6) is 0.129. The van der Waals surface area contributed by atoms with Gasteiger partial charge in [0.1, 0.15) is 5.54 Å². The highest BCUT2D eigenvalue weighted by Gasteiger charge is 2.46. The van der Waals surface area contributed by atoms with Gasteiger partial charge >= 0.3 is 0 Å². The Balaban J connectivity index is 2.43. The minimum absolute atomic E-state index is 0.187. The molecule has 0 aromatic heterocycles. The summed E-state index contributed by atoms with van der Waals surface area (Å²) in [4.78, 5) is 12.0. The average Bonchev–Trinajstić information content (AvgIpc) is 2.79. The molecule has 1 amide bonds. The summed E-state index contributed by atoms with van der Waals surface area (Å²) in [6, 6.07) is 0. The number of amides is 1. The molecule has 2 unspecified atom stereocenters. The lowest BCUT2D eigenvalue weighted by atomic mass is 9.84. The highest BCUT2D eigenvalue weighted by molar-refractivity contribution is 5.85. The van der Waals surface area contributed by atoms with Crippen LogP contribution < -0.4 is 11.1 Å². The van der Waals surface area contributed by atoms with E-state index in [2.05, 4.69) is 33.0 Å². The first-order chi connectivity index (χ1) is 9.82. The van der Waals surface area contributed by atoms with E-state index in [9.17, 15) is 4.79 Å². The van der Waals surface area contributed by atoms with Crippen LogP contribution >= 0.6 is 0 Å². The molecule has 3 N–H and O–H groups in total. The van der Waals surface area contributed by atoms with Crippen LogP contribution in [0.15, 0.2) is 0 Å². The van der Waals surface area contributed by atoms with Gasteiger partial charge in [-0.1, -0.05) is 34.1 Å². The fourth-order valence-electron chi connectivity index (χ4n) is 3.17. The summed E-state index contributed by atoms with van der Waals surface area (Å²) in [6.45, 7) is 11.2. The number of nitrogens with two attached hydrogens (primary N) is 1. The number of primary amides is 1. The normalized spacial score (nSPS) is 26.2. The number of carbonyl (C=O) groups is 1. The fraction of sp³-hybridized carbons (Fsp3) is 0.941. The van der Waals surface area contributed by atoms with E-state index in [-0.39, 0.29) is 5.91 Å². The van der Waals surface area contributed by atoms with Crippen molar-refractivity contribution < 1.29 is 9.53 Å². The molecular weight excluding hydrogens is 264 g/mol. The van der Waals surface area contributed by atoms with E-state index in [4.69, 9.17) is 10.5 Å². The SMILES string of the molecule is CCCNC1(C(N)=O)CCCC1CCOCCC(C)(C)C. The number of ether oxygens (including phenoxy) is 1. The van der Waals surface area contributed by atoms with Gasteiger partial charge in [0.2, 0.25) is 5.91 Å². The number of hydrogen-bond acceptors (Lipinski definition) is 3. The third kappa shape index (κ3) is 5.59. The van der Waals surface area contributed by atoms with E-state index in [1.165, 1.54) is 0 Å². The van der Waals surface area contributed by atoms with Crippen LogP contribution in [0, 0.1) is 11.3 Å². The van der Waals surface area contributed by atoms with Crippen molar-refractivity contribution in [1.29, 1.82) is 0 Å². The molecule has 0 aromatic carbocycles. The number of nitrogens with one attached hydrogen (secondary N) is 1. The van der Waals surface area contributed by atoms with Gasteiger partial charge in [-0.05, 0) is 50.0 Å². The van der Waals surface area contributed by atoms with Gasteiger partial charge in [0, 0.05) is 13.2 Å². The van der Waals surface area contributed by atoms with Crippen LogP contribution in [0.25, 0.3) is 0 Å². The van der Waals surface area contributed by atoms with Crippen LogP contribution in [0.3, 0.4) is 0 Å². The number of hydrogen-bond donors (Lipinski definition) is 2. The Kier molecular flexibility index (Phi) is 7.14. The van der Waals surface area contributed by atoms with Crippen molar-refractivity contribution in [2.75, 3.05) is 19.8 Å². The maximum Gasteiger partial charge on any atom is 0.238 e. The molecule has 1 aliphatic rings. The van der Waals surface area contributed by atoms with E-state index in [1.807, 2.05) is 0 Å². The lowest BCUT2D eigenvalue weighted by Gasteiger charge is -2.33. The minimum Gasteiger partial charge on any atom is -0.381 e. The third-order valence-electron chi connectivity index (χ3n) is 4.56. The highest BCUT2D eigenvalue weighted by atomic mass is 16.5. The van der Waals surface area contributed by atoms with Crippen molar-refractivity contribution in [2.24, 2.45) is 17.1 Å². The summed E-state index contributed by atoms with van der Waals surface area (Å²) >= 11 is 0. The topological polar surface area (TPSA) is 64.3 Å². The minimum atomic E-state index is -0.497. The molecule has 21 heavy (non-hydrogen) atoms. The van der Waals surface area contributed by atoms with Crippen LogP contribution in [0.2, 0.25) is 0 Å². The number of rotatable bonds is 9. The molecule has 0 aliphatic heterocycles. The van der Waals surface area contributed by atoms with E-state index >= 15 is 0 Å². The van der Waals surface area contributed by atoms with Crippen LogP contribution in [0.1, 0.15) is 66.2 Å². The summed E-state index contributed by atoms with van der Waals surface area (Å²) in [5.41, 5.74) is 5.53. The molecule has 2 atom stereocenters. The second-order valence-electron chi connectivity index (χ2n) is 7.56. The second kappa shape index (κ2) is 8.14. The molecular formula is C17H34N2O2. The summed E-state index contributed by atoms with van der Waals surface area (Å²) in [5, 5.41) is 3.43. The van der Waals surface area contributed by atoms with Crippen molar-refractivity contribution in [3.63, 3.8) is 0 Å². The van der Waals surface area contributed by atoms with Gasteiger partial charge in [0.25, 0.3) is 0 Å². The molecule has 1 aliphatic carbocycles. The molecule has 0 radical (unpaired) electrons.